The first-order chi connectivity index (χ1) is 8.10. The lowest BCUT2D eigenvalue weighted by molar-refractivity contribution is 0.112. The second-order valence-corrected chi connectivity index (χ2v) is 4.61. The molecule has 0 aliphatic rings. The number of likely N-dealkylation sites (N-methyl/N-ethyl adjacent to an activating group) is 1. The van der Waals surface area contributed by atoms with Crippen LogP contribution in [0.25, 0.3) is 0 Å². The van der Waals surface area contributed by atoms with Crippen molar-refractivity contribution in [2.45, 2.75) is 19.4 Å². The van der Waals surface area contributed by atoms with Crippen molar-refractivity contribution >= 4 is 15.9 Å². The van der Waals surface area contributed by atoms with Gasteiger partial charge in [-0.1, -0.05) is 22.9 Å². The Labute approximate surface area is 108 Å². The summed E-state index contributed by atoms with van der Waals surface area (Å²) in [5.74, 6) is -1.15. The summed E-state index contributed by atoms with van der Waals surface area (Å²) in [5.41, 5.74) is 0.0202. The lowest BCUT2D eigenvalue weighted by Crippen LogP contribution is -2.24. The van der Waals surface area contributed by atoms with Crippen molar-refractivity contribution in [2.75, 3.05) is 20.3 Å². The van der Waals surface area contributed by atoms with Crippen molar-refractivity contribution in [3.8, 4) is 0 Å². The summed E-state index contributed by atoms with van der Waals surface area (Å²) >= 11 is 3.05. The highest BCUT2D eigenvalue weighted by molar-refractivity contribution is 9.10. The Kier molecular flexibility index (Phi) is 6.02. The van der Waals surface area contributed by atoms with Crippen LogP contribution in [0, 0.1) is 11.6 Å². The summed E-state index contributed by atoms with van der Waals surface area (Å²) in [6, 6.07) is 2.03. The van der Waals surface area contributed by atoms with E-state index in [1.54, 1.807) is 7.05 Å². The van der Waals surface area contributed by atoms with E-state index in [9.17, 15) is 8.78 Å². The molecule has 2 nitrogen and oxygen atoms in total. The normalized spacial score (nSPS) is 12.8. The van der Waals surface area contributed by atoms with E-state index in [0.29, 0.717) is 11.1 Å². The van der Waals surface area contributed by atoms with Gasteiger partial charge < -0.3 is 10.1 Å². The highest BCUT2D eigenvalue weighted by Gasteiger charge is 2.19. The molecular formula is C12H16BrF2NO. The van der Waals surface area contributed by atoms with Gasteiger partial charge in [0.2, 0.25) is 0 Å². The fourth-order valence-corrected chi connectivity index (χ4v) is 1.94. The molecule has 0 amide bonds. The average Bonchev–Trinajstić information content (AvgIpc) is 2.25. The first-order valence-corrected chi connectivity index (χ1v) is 6.28. The molecular weight excluding hydrogens is 292 g/mol. The number of ether oxygens (including phenoxy) is 1. The molecule has 0 saturated carbocycles. The molecule has 17 heavy (non-hydrogen) atoms. The molecule has 0 fully saturated rings. The van der Waals surface area contributed by atoms with Gasteiger partial charge in [0, 0.05) is 16.6 Å². The Morgan fingerprint density at radius 2 is 1.94 bits per heavy atom. The van der Waals surface area contributed by atoms with Gasteiger partial charge in [-0.15, -0.1) is 0 Å². The second kappa shape index (κ2) is 7.03. The molecule has 0 aliphatic carbocycles. The van der Waals surface area contributed by atoms with Crippen molar-refractivity contribution in [2.24, 2.45) is 0 Å². The predicted octanol–water partition coefficient (Wildman–Crippen LogP) is 3.41. The summed E-state index contributed by atoms with van der Waals surface area (Å²) in [5, 5.41) is 2.86. The van der Waals surface area contributed by atoms with E-state index in [-0.39, 0.29) is 12.2 Å². The van der Waals surface area contributed by atoms with Crippen LogP contribution < -0.4 is 5.32 Å². The topological polar surface area (TPSA) is 21.3 Å². The number of benzene rings is 1. The minimum absolute atomic E-state index is 0.0202. The van der Waals surface area contributed by atoms with Gasteiger partial charge in [0.25, 0.3) is 0 Å². The molecule has 1 aromatic rings. The maximum atomic E-state index is 13.7. The van der Waals surface area contributed by atoms with E-state index in [2.05, 4.69) is 21.2 Å². The van der Waals surface area contributed by atoms with Crippen molar-refractivity contribution < 1.29 is 13.5 Å². The second-order valence-electron chi connectivity index (χ2n) is 3.70. The number of rotatable bonds is 6. The minimum atomic E-state index is -0.573. The van der Waals surface area contributed by atoms with E-state index in [1.165, 1.54) is 12.1 Å². The smallest absolute Gasteiger partial charge is 0.132 e. The first-order valence-electron chi connectivity index (χ1n) is 5.49. The van der Waals surface area contributed by atoms with Crippen LogP contribution in [0.3, 0.4) is 0 Å². The number of halogens is 3. The van der Waals surface area contributed by atoms with Gasteiger partial charge in [-0.2, -0.15) is 0 Å². The Balaban J connectivity index is 2.87. The first kappa shape index (κ1) is 14.5. The maximum absolute atomic E-state index is 13.7. The van der Waals surface area contributed by atoms with Gasteiger partial charge in [0.05, 0.1) is 12.6 Å². The summed E-state index contributed by atoms with van der Waals surface area (Å²) < 4.78 is 33.1. The van der Waals surface area contributed by atoms with Crippen LogP contribution in [-0.2, 0) is 4.74 Å². The van der Waals surface area contributed by atoms with Crippen LogP contribution in [0.1, 0.15) is 24.9 Å². The standard InChI is InChI=1S/C12H16BrF2NO/c1-3-4-17-7-11(16-2)12-9(14)5-8(13)6-10(12)15/h5-6,11,16H,3-4,7H2,1-2H3. The van der Waals surface area contributed by atoms with Crippen molar-refractivity contribution in [3.05, 3.63) is 33.8 Å². The Bertz CT molecular complexity index is 351. The molecule has 0 saturated heterocycles. The monoisotopic (exact) mass is 307 g/mol. The molecule has 0 bridgehead atoms. The van der Waals surface area contributed by atoms with Crippen LogP contribution in [-0.4, -0.2) is 20.3 Å². The van der Waals surface area contributed by atoms with Gasteiger partial charge in [-0.25, -0.2) is 8.78 Å². The Hall–Kier alpha value is -0.520. The number of hydrogen-bond donors (Lipinski definition) is 1. The predicted molar refractivity (Wildman–Crippen MR) is 67.0 cm³/mol. The van der Waals surface area contributed by atoms with E-state index in [0.717, 1.165) is 6.42 Å². The molecule has 5 heteroatoms. The summed E-state index contributed by atoms with van der Waals surface area (Å²) in [4.78, 5) is 0. The van der Waals surface area contributed by atoms with E-state index < -0.39 is 17.7 Å². The van der Waals surface area contributed by atoms with E-state index in [1.807, 2.05) is 6.92 Å². The van der Waals surface area contributed by atoms with E-state index >= 15 is 0 Å². The fraction of sp³-hybridized carbons (Fsp3) is 0.500. The molecule has 1 N–H and O–H groups in total. The molecule has 96 valence electrons. The third-order valence-corrected chi connectivity index (χ3v) is 2.83. The fourth-order valence-electron chi connectivity index (χ4n) is 1.54. The lowest BCUT2D eigenvalue weighted by Gasteiger charge is -2.18. The van der Waals surface area contributed by atoms with Crippen molar-refractivity contribution in [1.29, 1.82) is 0 Å². The summed E-state index contributed by atoms with van der Waals surface area (Å²) in [6.07, 6.45) is 0.877. The SMILES string of the molecule is CCCOCC(NC)c1c(F)cc(Br)cc1F. The highest BCUT2D eigenvalue weighted by Crippen LogP contribution is 2.25. The molecule has 0 radical (unpaired) electrons. The Morgan fingerprint density at radius 1 is 1.35 bits per heavy atom. The molecule has 0 heterocycles. The number of hydrogen-bond acceptors (Lipinski definition) is 2. The highest BCUT2D eigenvalue weighted by atomic mass is 79.9. The zero-order valence-electron chi connectivity index (χ0n) is 9.90. The molecule has 0 aromatic heterocycles. The molecule has 0 spiro atoms. The van der Waals surface area contributed by atoms with Crippen LogP contribution in [0.2, 0.25) is 0 Å². The number of nitrogens with one attached hydrogen (secondary N) is 1. The third kappa shape index (κ3) is 4.01. The van der Waals surface area contributed by atoms with Gasteiger partial charge in [-0.3, -0.25) is 0 Å². The van der Waals surface area contributed by atoms with Crippen LogP contribution in [0.15, 0.2) is 16.6 Å². The molecule has 1 rings (SSSR count). The van der Waals surface area contributed by atoms with Gasteiger partial charge in [-0.05, 0) is 25.6 Å². The largest absolute Gasteiger partial charge is 0.379 e. The molecule has 0 aliphatic heterocycles. The van der Waals surface area contributed by atoms with Crippen LogP contribution >= 0.6 is 15.9 Å². The van der Waals surface area contributed by atoms with Gasteiger partial charge in [0.1, 0.15) is 11.6 Å². The molecule has 1 unspecified atom stereocenters. The lowest BCUT2D eigenvalue weighted by atomic mass is 10.1. The van der Waals surface area contributed by atoms with Gasteiger partial charge in [0.15, 0.2) is 0 Å². The van der Waals surface area contributed by atoms with Crippen molar-refractivity contribution in [3.63, 3.8) is 0 Å². The maximum Gasteiger partial charge on any atom is 0.132 e. The van der Waals surface area contributed by atoms with E-state index in [4.69, 9.17) is 4.74 Å². The third-order valence-electron chi connectivity index (χ3n) is 2.37. The summed E-state index contributed by atoms with van der Waals surface area (Å²) in [7, 11) is 1.65. The average molecular weight is 308 g/mol. The quantitative estimate of drug-likeness (QED) is 0.813. The molecule has 1 aromatic carbocycles. The zero-order chi connectivity index (χ0) is 12.8. The molecule has 1 atom stereocenters. The van der Waals surface area contributed by atoms with Gasteiger partial charge >= 0.3 is 0 Å². The minimum Gasteiger partial charge on any atom is -0.379 e. The summed E-state index contributed by atoms with van der Waals surface area (Å²) in [6.45, 7) is 2.81. The Morgan fingerprint density at radius 3 is 2.41 bits per heavy atom. The van der Waals surface area contributed by atoms with Crippen molar-refractivity contribution in [1.82, 2.24) is 5.32 Å². The van der Waals surface area contributed by atoms with Crippen LogP contribution in [0.4, 0.5) is 8.78 Å². The zero-order valence-corrected chi connectivity index (χ0v) is 11.5. The van der Waals surface area contributed by atoms with Crippen LogP contribution in [0.5, 0.6) is 0 Å².